The quantitative estimate of drug-likeness (QED) is 0.120. The molecule has 0 spiro atoms. The molecule has 4 aliphatic rings. The molecule has 10 heteroatoms. The van der Waals surface area contributed by atoms with Crippen molar-refractivity contribution in [3.63, 3.8) is 0 Å². The second kappa shape index (κ2) is 22.8. The predicted molar refractivity (Wildman–Crippen MR) is 417 cm³/mol. The van der Waals surface area contributed by atoms with Gasteiger partial charge in [-0.05, 0) is 148 Å². The summed E-state index contributed by atoms with van der Waals surface area (Å²) in [6.07, 6.45) is 0. The van der Waals surface area contributed by atoms with Crippen molar-refractivity contribution in [3.05, 3.63) is 346 Å². The van der Waals surface area contributed by atoms with Crippen LogP contribution in [0.15, 0.2) is 346 Å². The van der Waals surface area contributed by atoms with Crippen molar-refractivity contribution in [1.29, 1.82) is 0 Å². The van der Waals surface area contributed by atoms with Crippen molar-refractivity contribution in [2.75, 3.05) is 24.5 Å². The highest BCUT2D eigenvalue weighted by Crippen LogP contribution is 2.56. The lowest BCUT2D eigenvalue weighted by atomic mass is 9.33. The fourth-order valence-electron chi connectivity index (χ4n) is 15.9. The predicted octanol–water partition coefficient (Wildman–Crippen LogP) is 20.9. The molecule has 6 nitrogen and oxygen atoms in total. The van der Waals surface area contributed by atoms with Gasteiger partial charge in [-0.1, -0.05) is 224 Å². The third-order valence-electron chi connectivity index (χ3n) is 20.0. The Kier molecular flexibility index (Phi) is 13.1. The lowest BCUT2D eigenvalue weighted by Crippen LogP contribution is -2.64. The van der Waals surface area contributed by atoms with Crippen LogP contribution in [0.2, 0.25) is 0 Å². The Hall–Kier alpha value is -12.1. The van der Waals surface area contributed by atoms with Gasteiger partial charge in [0.1, 0.15) is 11.5 Å². The Morgan fingerprint density at radius 3 is 1.21 bits per heavy atom. The number of nitrogens with zero attached hydrogens (tertiary/aromatic N) is 5. The number of rotatable bonds is 11. The van der Waals surface area contributed by atoms with Gasteiger partial charge < -0.3 is 29.2 Å². The van der Waals surface area contributed by atoms with Gasteiger partial charge in [-0.3, -0.25) is 0 Å². The SMILES string of the molecule is c1ccc(-c2cccc(-c3ccccc3)c2N2c3cc4c(cc3B3c5sc6ccccc6c5N(c5ccccc5)c5cc(N(c6ccccc6)c6ccccc6)cc2c53)B2c3sc5ccccc5c3Oc3cc(N(c5ccccc5)c5ccccc5)cc(c32)N4c2ccccc2)cc1. The van der Waals surface area contributed by atoms with E-state index in [9.17, 15) is 0 Å². The van der Waals surface area contributed by atoms with Crippen molar-refractivity contribution >= 4 is 173 Å². The first kappa shape index (κ1) is 56.3. The summed E-state index contributed by atoms with van der Waals surface area (Å²) in [5.74, 6) is 1.76. The van der Waals surface area contributed by atoms with E-state index in [1.165, 1.54) is 46.4 Å². The summed E-state index contributed by atoms with van der Waals surface area (Å²) in [6, 6.07) is 127. The van der Waals surface area contributed by atoms with Crippen LogP contribution in [0.5, 0.6) is 11.5 Å². The van der Waals surface area contributed by atoms with Crippen LogP contribution < -0.4 is 60.6 Å². The Labute approximate surface area is 577 Å². The van der Waals surface area contributed by atoms with Gasteiger partial charge in [0.15, 0.2) is 0 Å². The van der Waals surface area contributed by atoms with Crippen LogP contribution in [0, 0.1) is 0 Å². The molecule has 2 aromatic heterocycles. The van der Waals surface area contributed by atoms with Crippen LogP contribution in [0.3, 0.4) is 0 Å². The maximum absolute atomic E-state index is 7.62. The molecule has 98 heavy (non-hydrogen) atoms. The summed E-state index contributed by atoms with van der Waals surface area (Å²) in [5.41, 5.74) is 25.5. The molecule has 0 amide bonds. The van der Waals surface area contributed by atoms with Crippen molar-refractivity contribution in [2.45, 2.75) is 0 Å². The number of benzene rings is 14. The molecular formula is C88H57B2N5OS2. The third kappa shape index (κ3) is 8.81. The highest BCUT2D eigenvalue weighted by Gasteiger charge is 2.50. The van der Waals surface area contributed by atoms with E-state index in [2.05, 4.69) is 370 Å². The zero-order valence-corrected chi connectivity index (χ0v) is 54.7. The van der Waals surface area contributed by atoms with Gasteiger partial charge >= 0.3 is 0 Å². The second-order valence-corrected chi connectivity index (χ2v) is 27.6. The van der Waals surface area contributed by atoms with E-state index in [-0.39, 0.29) is 13.4 Å². The van der Waals surface area contributed by atoms with E-state index in [4.69, 9.17) is 4.74 Å². The van der Waals surface area contributed by atoms with Crippen LogP contribution in [0.25, 0.3) is 42.4 Å². The van der Waals surface area contributed by atoms with Gasteiger partial charge in [-0.25, -0.2) is 0 Å². The largest absolute Gasteiger partial charge is 0.457 e. The summed E-state index contributed by atoms with van der Waals surface area (Å²) >= 11 is 3.80. The Balaban J connectivity index is 0.962. The number of hydrogen-bond acceptors (Lipinski definition) is 8. The molecule has 4 aliphatic heterocycles. The minimum atomic E-state index is -0.232. The summed E-state index contributed by atoms with van der Waals surface area (Å²) in [7, 11) is 0. The van der Waals surface area contributed by atoms with Crippen molar-refractivity contribution in [3.8, 4) is 33.8 Å². The summed E-state index contributed by atoms with van der Waals surface area (Å²) < 4.78 is 12.6. The highest BCUT2D eigenvalue weighted by atomic mass is 32.1. The van der Waals surface area contributed by atoms with E-state index < -0.39 is 0 Å². The normalized spacial score (nSPS) is 12.9. The first-order chi connectivity index (χ1) is 48.7. The monoisotopic (exact) mass is 1290 g/mol. The van der Waals surface area contributed by atoms with Crippen molar-refractivity contribution < 1.29 is 4.74 Å². The summed E-state index contributed by atoms with van der Waals surface area (Å²) in [6.45, 7) is -0.452. The minimum Gasteiger partial charge on any atom is -0.457 e. The molecule has 0 bridgehead atoms. The summed E-state index contributed by atoms with van der Waals surface area (Å²) in [5, 5.41) is 2.34. The van der Waals surface area contributed by atoms with Crippen LogP contribution in [0.4, 0.5) is 85.3 Å². The maximum Gasteiger partial charge on any atom is 0.268 e. The van der Waals surface area contributed by atoms with Crippen molar-refractivity contribution in [1.82, 2.24) is 0 Å². The number of hydrogen-bond donors (Lipinski definition) is 0. The van der Waals surface area contributed by atoms with E-state index in [1.807, 2.05) is 22.7 Å². The molecule has 16 aromatic rings. The molecule has 458 valence electrons. The van der Waals surface area contributed by atoms with Gasteiger partial charge in [0, 0.05) is 109 Å². The molecule has 14 aromatic carbocycles. The average molecular weight is 1290 g/mol. The molecule has 20 rings (SSSR count). The molecule has 6 heterocycles. The number of thiophene rings is 2. The maximum atomic E-state index is 7.62. The second-order valence-electron chi connectivity index (χ2n) is 25.4. The standard InChI is InChI=1S/C88H57B2N5OS2/c1-9-30-58(31-10-1)68-48-29-49-69(59-32-11-2-12-33-59)84(68)95-75-57-74-72(90-83-78(93(74)64-42-21-7-22-43-64)54-67(92(62-38-17-5-18-39-62)63-40-19-6-20-41-63)55-79(83)96-86-71-47-26-28-51-81(71)98-88(86)90)56-73(75)89-82-76(94(65-44-23-8-24-45-65)85-70-46-25-27-50-80(70)97-87(85)89)52-66(53-77(82)95)91(60-34-13-3-14-35-60)61-36-15-4-16-37-61/h1-57H. The fraction of sp³-hybridized carbons (Fsp3) is 0. The van der Waals surface area contributed by atoms with E-state index in [0.29, 0.717) is 0 Å². The molecule has 0 saturated carbocycles. The average Bonchev–Trinajstić information content (AvgIpc) is 1.50. The number of para-hydroxylation sites is 7. The minimum absolute atomic E-state index is 0.220. The number of fused-ring (bicyclic) bond motifs is 12. The van der Waals surface area contributed by atoms with Gasteiger partial charge in [0.2, 0.25) is 0 Å². The number of ether oxygens (including phenoxy) is 1. The molecule has 0 saturated heterocycles. The van der Waals surface area contributed by atoms with E-state index in [1.54, 1.807) is 0 Å². The van der Waals surface area contributed by atoms with Crippen LogP contribution >= 0.6 is 22.7 Å². The Bertz CT molecular complexity index is 5630. The van der Waals surface area contributed by atoms with Crippen LogP contribution in [-0.4, -0.2) is 13.4 Å². The smallest absolute Gasteiger partial charge is 0.268 e. The fourth-order valence-corrected chi connectivity index (χ4v) is 18.5. The zero-order chi connectivity index (χ0) is 64.4. The van der Waals surface area contributed by atoms with Crippen LogP contribution in [-0.2, 0) is 0 Å². The Morgan fingerprint density at radius 2 is 0.684 bits per heavy atom. The molecule has 0 aliphatic carbocycles. The van der Waals surface area contributed by atoms with E-state index >= 15 is 0 Å². The van der Waals surface area contributed by atoms with Gasteiger partial charge in [-0.2, -0.15) is 0 Å². The molecule has 0 unspecified atom stereocenters. The molecule has 0 atom stereocenters. The number of anilines is 15. The first-order valence-corrected chi connectivity index (χ1v) is 35.1. The van der Waals surface area contributed by atoms with Gasteiger partial charge in [0.25, 0.3) is 13.4 Å². The zero-order valence-electron chi connectivity index (χ0n) is 53.0. The lowest BCUT2D eigenvalue weighted by Gasteiger charge is -2.46. The lowest BCUT2D eigenvalue weighted by molar-refractivity contribution is 0.495. The van der Waals surface area contributed by atoms with Crippen molar-refractivity contribution in [2.24, 2.45) is 0 Å². The van der Waals surface area contributed by atoms with Gasteiger partial charge in [-0.15, -0.1) is 22.7 Å². The highest BCUT2D eigenvalue weighted by molar-refractivity contribution is 7.34. The molecule has 0 fully saturated rings. The topological polar surface area (TPSA) is 25.4 Å². The third-order valence-corrected chi connectivity index (χ3v) is 22.4. The Morgan fingerprint density at radius 1 is 0.286 bits per heavy atom. The van der Waals surface area contributed by atoms with E-state index in [0.717, 1.165) is 124 Å². The molecule has 0 radical (unpaired) electrons. The first-order valence-electron chi connectivity index (χ1n) is 33.5. The molecular weight excluding hydrogens is 1230 g/mol. The van der Waals surface area contributed by atoms with Crippen LogP contribution in [0.1, 0.15) is 0 Å². The molecule has 0 N–H and O–H groups in total. The van der Waals surface area contributed by atoms with Gasteiger partial charge in [0.05, 0.1) is 22.7 Å². The summed E-state index contributed by atoms with van der Waals surface area (Å²) in [4.78, 5) is 12.7.